The number of nitrogen functional groups attached to an aromatic ring is 1. The average Bonchev–Trinajstić information content (AvgIpc) is 3.14. The summed E-state index contributed by atoms with van der Waals surface area (Å²) in [6, 6.07) is 18.5. The molecule has 1 amide bonds. The van der Waals surface area contributed by atoms with E-state index in [0.717, 1.165) is 63.5 Å². The Kier molecular flexibility index (Phi) is 12.4. The second-order valence-electron chi connectivity index (χ2n) is 13.9. The Morgan fingerprint density at radius 3 is 2.77 bits per heavy atom. The van der Waals surface area contributed by atoms with E-state index in [2.05, 4.69) is 49.4 Å². The third-order valence-electron chi connectivity index (χ3n) is 10.2. The zero-order chi connectivity index (χ0) is 36.5. The number of likely N-dealkylation sites (tertiary alicyclic amines) is 1. The molecule has 2 aliphatic rings. The van der Waals surface area contributed by atoms with Crippen molar-refractivity contribution in [3.63, 3.8) is 0 Å². The van der Waals surface area contributed by atoms with E-state index in [-0.39, 0.29) is 29.4 Å². The molecule has 0 radical (unpaired) electrons. The van der Waals surface area contributed by atoms with E-state index in [0.29, 0.717) is 55.8 Å². The van der Waals surface area contributed by atoms with Crippen LogP contribution in [0.15, 0.2) is 71.7 Å². The molecule has 1 unspecified atom stereocenters. The van der Waals surface area contributed by atoms with Crippen LogP contribution in [-0.2, 0) is 27.2 Å². The van der Waals surface area contributed by atoms with Crippen molar-refractivity contribution in [2.45, 2.75) is 43.9 Å². The number of rotatable bonds is 15. The van der Waals surface area contributed by atoms with Gasteiger partial charge < -0.3 is 45.5 Å². The summed E-state index contributed by atoms with van der Waals surface area (Å²) in [5, 5.41) is 24.6. The first-order valence-corrected chi connectivity index (χ1v) is 18.1. The van der Waals surface area contributed by atoms with Gasteiger partial charge in [0, 0.05) is 88.8 Å². The van der Waals surface area contributed by atoms with Gasteiger partial charge in [-0.2, -0.15) is 0 Å². The van der Waals surface area contributed by atoms with Crippen molar-refractivity contribution in [1.82, 2.24) is 25.1 Å². The summed E-state index contributed by atoms with van der Waals surface area (Å²) >= 11 is 0. The molecular formula is C39H51N7O6. The highest BCUT2D eigenvalue weighted by molar-refractivity contribution is 5.87. The molecule has 13 heteroatoms. The molecule has 0 bridgehead atoms. The maximum absolute atomic E-state index is 12.7. The number of aromatic amines is 1. The predicted molar refractivity (Wildman–Crippen MR) is 201 cm³/mol. The highest BCUT2D eigenvalue weighted by Gasteiger charge is 2.40. The SMILES string of the molecule is CN(CCNCC(O)c1ccc(O)c2[nH]c(=O)ccc12)C(=O)CCOCCc1cccc(CN2CCC3(CC2)CN(c2cc(N)ccn2)CCO3)c1. The molecule has 2 fully saturated rings. The van der Waals surface area contributed by atoms with E-state index in [1.807, 2.05) is 12.1 Å². The molecular weight excluding hydrogens is 662 g/mol. The summed E-state index contributed by atoms with van der Waals surface area (Å²) in [7, 11) is 1.76. The predicted octanol–water partition coefficient (Wildman–Crippen LogP) is 2.81. The summed E-state index contributed by atoms with van der Waals surface area (Å²) in [5.41, 5.74) is 9.66. The standard InChI is InChI=1S/C39H51N7O6/c1-44(18-15-41-25-34(48)31-5-7-33(47)38-32(31)6-8-36(49)43-38)37(50)11-21-51-20-10-28-3-2-4-29(23-28)26-45-16-12-39(13-17-45)27-46(19-22-52-39)35-24-30(40)9-14-42-35/h2-9,14,23-24,34,41,47-48H,10-13,15-22,25-27H2,1H3,(H2,40,42)(H,43,49). The number of aliphatic hydroxyl groups excluding tert-OH is 1. The number of nitrogens with zero attached hydrogens (tertiary/aromatic N) is 4. The summed E-state index contributed by atoms with van der Waals surface area (Å²) in [6.45, 7) is 7.34. The lowest BCUT2D eigenvalue weighted by atomic mass is 9.89. The highest BCUT2D eigenvalue weighted by atomic mass is 16.5. The Labute approximate surface area is 304 Å². The number of pyridine rings is 2. The summed E-state index contributed by atoms with van der Waals surface area (Å²) < 4.78 is 12.2. The van der Waals surface area contributed by atoms with Crippen molar-refractivity contribution >= 4 is 28.3 Å². The largest absolute Gasteiger partial charge is 0.506 e. The van der Waals surface area contributed by atoms with E-state index in [1.165, 1.54) is 23.3 Å². The van der Waals surface area contributed by atoms with Gasteiger partial charge in [-0.1, -0.05) is 30.3 Å². The quantitative estimate of drug-likeness (QED) is 0.115. The number of aliphatic hydroxyl groups is 1. The van der Waals surface area contributed by atoms with E-state index >= 15 is 0 Å². The number of carbonyl (C=O) groups is 1. The van der Waals surface area contributed by atoms with Crippen LogP contribution in [0.1, 0.15) is 42.1 Å². The van der Waals surface area contributed by atoms with Gasteiger partial charge >= 0.3 is 0 Å². The van der Waals surface area contributed by atoms with Gasteiger partial charge in [0.2, 0.25) is 11.5 Å². The minimum atomic E-state index is -0.857. The lowest BCUT2D eigenvalue weighted by Crippen LogP contribution is -2.57. The van der Waals surface area contributed by atoms with Crippen LogP contribution in [-0.4, -0.2) is 114 Å². The molecule has 0 saturated carbocycles. The van der Waals surface area contributed by atoms with Crippen LogP contribution in [0.2, 0.25) is 0 Å². The monoisotopic (exact) mass is 713 g/mol. The van der Waals surface area contributed by atoms with Gasteiger partial charge in [-0.25, -0.2) is 4.98 Å². The smallest absolute Gasteiger partial charge is 0.248 e. The van der Waals surface area contributed by atoms with Crippen LogP contribution in [0, 0.1) is 0 Å². The van der Waals surface area contributed by atoms with Crippen LogP contribution >= 0.6 is 0 Å². The lowest BCUT2D eigenvalue weighted by molar-refractivity contribution is -0.131. The van der Waals surface area contributed by atoms with Crippen molar-refractivity contribution in [2.24, 2.45) is 0 Å². The topological polar surface area (TPSA) is 170 Å². The van der Waals surface area contributed by atoms with Crippen LogP contribution < -0.4 is 21.5 Å². The van der Waals surface area contributed by atoms with E-state index in [1.54, 1.807) is 30.3 Å². The number of ether oxygens (including phenoxy) is 2. The third kappa shape index (κ3) is 9.66. The number of likely N-dealkylation sites (N-methyl/N-ethyl adjacent to an activating group) is 1. The maximum Gasteiger partial charge on any atom is 0.248 e. The Balaban J connectivity index is 0.852. The van der Waals surface area contributed by atoms with Gasteiger partial charge in [0.15, 0.2) is 0 Å². The van der Waals surface area contributed by atoms with E-state index in [4.69, 9.17) is 15.2 Å². The number of aromatic nitrogens is 2. The number of piperidine rings is 1. The zero-order valence-corrected chi connectivity index (χ0v) is 29.9. The molecule has 0 aliphatic carbocycles. The van der Waals surface area contributed by atoms with Gasteiger partial charge in [0.1, 0.15) is 11.6 Å². The number of nitrogens with one attached hydrogen (secondary N) is 2. The zero-order valence-electron chi connectivity index (χ0n) is 29.9. The first kappa shape index (κ1) is 37.2. The number of phenolic OH excluding ortho intramolecular Hbond substituents is 1. The minimum absolute atomic E-state index is 0.00564. The molecule has 2 saturated heterocycles. The Hall–Kier alpha value is -4.53. The lowest BCUT2D eigenvalue weighted by Gasteiger charge is -2.47. The van der Waals surface area contributed by atoms with E-state index in [9.17, 15) is 19.8 Å². The number of nitrogens with two attached hydrogens (primary N) is 1. The number of hydrogen-bond acceptors (Lipinski definition) is 11. The molecule has 2 aliphatic heterocycles. The number of carbonyl (C=O) groups excluding carboxylic acids is 1. The Morgan fingerprint density at radius 1 is 1.12 bits per heavy atom. The van der Waals surface area contributed by atoms with Gasteiger partial charge in [0.25, 0.3) is 0 Å². The van der Waals surface area contributed by atoms with Crippen molar-refractivity contribution in [3.8, 4) is 5.75 Å². The second kappa shape index (κ2) is 17.3. The van der Waals surface area contributed by atoms with Gasteiger partial charge in [0.05, 0.1) is 43.5 Å². The fourth-order valence-electron chi connectivity index (χ4n) is 7.12. The van der Waals surface area contributed by atoms with Gasteiger partial charge in [-0.15, -0.1) is 0 Å². The van der Waals surface area contributed by atoms with Crippen LogP contribution in [0.4, 0.5) is 11.5 Å². The molecule has 4 heterocycles. The Morgan fingerprint density at radius 2 is 1.94 bits per heavy atom. The number of phenols is 1. The average molecular weight is 714 g/mol. The van der Waals surface area contributed by atoms with Crippen LogP contribution in [0.5, 0.6) is 5.75 Å². The molecule has 52 heavy (non-hydrogen) atoms. The molecule has 4 aromatic rings. The molecule has 2 aromatic carbocycles. The number of fused-ring (bicyclic) bond motifs is 1. The molecule has 2 aromatic heterocycles. The van der Waals surface area contributed by atoms with Crippen LogP contribution in [0.3, 0.4) is 0 Å². The van der Waals surface area contributed by atoms with E-state index < -0.39 is 6.10 Å². The van der Waals surface area contributed by atoms with Crippen molar-refractivity contribution in [3.05, 3.63) is 93.9 Å². The molecule has 13 nitrogen and oxygen atoms in total. The molecule has 6 N–H and O–H groups in total. The first-order chi connectivity index (χ1) is 25.2. The number of morpholine rings is 1. The van der Waals surface area contributed by atoms with Crippen molar-refractivity contribution in [2.75, 3.05) is 83.3 Å². The third-order valence-corrected chi connectivity index (χ3v) is 10.2. The minimum Gasteiger partial charge on any atom is -0.506 e. The summed E-state index contributed by atoms with van der Waals surface area (Å²) in [4.78, 5) is 37.9. The van der Waals surface area contributed by atoms with Gasteiger partial charge in [-0.05, 0) is 54.2 Å². The number of aromatic hydroxyl groups is 1. The molecule has 6 rings (SSSR count). The number of anilines is 2. The summed E-state index contributed by atoms with van der Waals surface area (Å²) in [5.74, 6) is 0.866. The number of H-pyrrole nitrogens is 1. The van der Waals surface area contributed by atoms with Crippen molar-refractivity contribution < 1.29 is 24.5 Å². The molecule has 1 spiro atoms. The first-order valence-electron chi connectivity index (χ1n) is 18.1. The number of amides is 1. The normalized spacial score (nSPS) is 16.7. The number of benzene rings is 2. The number of hydrogen-bond donors (Lipinski definition) is 5. The fraction of sp³-hybridized carbons (Fsp3) is 0.462. The van der Waals surface area contributed by atoms with Gasteiger partial charge in [-0.3, -0.25) is 14.5 Å². The Bertz CT molecular complexity index is 1860. The maximum atomic E-state index is 12.7. The molecule has 278 valence electrons. The summed E-state index contributed by atoms with van der Waals surface area (Å²) in [6.07, 6.45) is 3.95. The van der Waals surface area contributed by atoms with Crippen molar-refractivity contribution in [1.29, 1.82) is 0 Å². The van der Waals surface area contributed by atoms with Crippen LogP contribution in [0.25, 0.3) is 10.9 Å². The second-order valence-corrected chi connectivity index (χ2v) is 13.9. The highest BCUT2D eigenvalue weighted by Crippen LogP contribution is 2.33. The fourth-order valence-corrected chi connectivity index (χ4v) is 7.12. The molecule has 1 atom stereocenters.